The van der Waals surface area contributed by atoms with Crippen LogP contribution in [0.4, 0.5) is 0 Å². The third-order valence-corrected chi connectivity index (χ3v) is 3.41. The van der Waals surface area contributed by atoms with Crippen molar-refractivity contribution in [2.75, 3.05) is 6.61 Å². The van der Waals surface area contributed by atoms with Gasteiger partial charge in [0.2, 0.25) is 0 Å². The van der Waals surface area contributed by atoms with E-state index in [-0.39, 0.29) is 6.10 Å². The largest absolute Gasteiger partial charge is 0.493 e. The Morgan fingerprint density at radius 1 is 1.41 bits per heavy atom. The second kappa shape index (κ2) is 5.74. The van der Waals surface area contributed by atoms with Crippen LogP contribution in [-0.4, -0.2) is 17.8 Å². The predicted molar refractivity (Wildman–Crippen MR) is 69.9 cm³/mol. The van der Waals surface area contributed by atoms with Crippen molar-refractivity contribution in [2.45, 2.75) is 45.1 Å². The SMILES string of the molecule is CCCC(O)CCc1cc(Cl)cc2c1OCC2. The second-order valence-electron chi connectivity index (χ2n) is 4.63. The van der Waals surface area contributed by atoms with Crippen LogP contribution in [0.5, 0.6) is 5.75 Å². The average molecular weight is 255 g/mol. The summed E-state index contributed by atoms with van der Waals surface area (Å²) in [5.74, 6) is 0.998. The molecular weight excluding hydrogens is 236 g/mol. The molecule has 1 atom stereocenters. The number of hydrogen-bond donors (Lipinski definition) is 1. The Hall–Kier alpha value is -0.730. The zero-order valence-corrected chi connectivity index (χ0v) is 11.0. The third-order valence-electron chi connectivity index (χ3n) is 3.19. The van der Waals surface area contributed by atoms with Crippen LogP contribution in [0.25, 0.3) is 0 Å². The number of hydrogen-bond acceptors (Lipinski definition) is 2. The van der Waals surface area contributed by atoms with E-state index in [0.29, 0.717) is 0 Å². The minimum absolute atomic E-state index is 0.212. The van der Waals surface area contributed by atoms with Gasteiger partial charge in [0.1, 0.15) is 5.75 Å². The maximum Gasteiger partial charge on any atom is 0.125 e. The molecule has 1 aliphatic heterocycles. The Balaban J connectivity index is 2.05. The Bertz CT molecular complexity index is 390. The molecule has 0 radical (unpaired) electrons. The molecule has 0 saturated heterocycles. The van der Waals surface area contributed by atoms with Crippen molar-refractivity contribution in [3.05, 3.63) is 28.3 Å². The summed E-state index contributed by atoms with van der Waals surface area (Å²) in [4.78, 5) is 0. The van der Waals surface area contributed by atoms with Crippen molar-refractivity contribution >= 4 is 11.6 Å². The van der Waals surface area contributed by atoms with Crippen LogP contribution in [0.1, 0.15) is 37.3 Å². The van der Waals surface area contributed by atoms with E-state index in [1.807, 2.05) is 12.1 Å². The van der Waals surface area contributed by atoms with Gasteiger partial charge in [0.15, 0.2) is 0 Å². The Labute approximate surface area is 108 Å². The van der Waals surface area contributed by atoms with Gasteiger partial charge in [-0.05, 0) is 42.5 Å². The van der Waals surface area contributed by atoms with Gasteiger partial charge < -0.3 is 9.84 Å². The lowest BCUT2D eigenvalue weighted by molar-refractivity contribution is 0.153. The summed E-state index contributed by atoms with van der Waals surface area (Å²) >= 11 is 6.09. The summed E-state index contributed by atoms with van der Waals surface area (Å²) in [5, 5.41) is 10.5. The third kappa shape index (κ3) is 3.14. The molecule has 1 N–H and O–H groups in total. The summed E-state index contributed by atoms with van der Waals surface area (Å²) in [6.07, 6.45) is 4.24. The molecule has 2 rings (SSSR count). The van der Waals surface area contributed by atoms with Gasteiger partial charge in [-0.1, -0.05) is 24.9 Å². The molecule has 1 heterocycles. The van der Waals surface area contributed by atoms with Crippen LogP contribution < -0.4 is 4.74 Å². The van der Waals surface area contributed by atoms with E-state index < -0.39 is 0 Å². The first-order valence-corrected chi connectivity index (χ1v) is 6.70. The van der Waals surface area contributed by atoms with Crippen molar-refractivity contribution < 1.29 is 9.84 Å². The summed E-state index contributed by atoms with van der Waals surface area (Å²) in [7, 11) is 0. The number of ether oxygens (including phenoxy) is 1. The van der Waals surface area contributed by atoms with Crippen LogP contribution in [0.15, 0.2) is 12.1 Å². The smallest absolute Gasteiger partial charge is 0.125 e. The molecule has 0 bridgehead atoms. The Morgan fingerprint density at radius 2 is 2.24 bits per heavy atom. The summed E-state index contributed by atoms with van der Waals surface area (Å²) in [6.45, 7) is 2.84. The van der Waals surface area contributed by atoms with E-state index in [4.69, 9.17) is 16.3 Å². The first-order valence-electron chi connectivity index (χ1n) is 6.33. The van der Waals surface area contributed by atoms with Crippen LogP contribution >= 0.6 is 11.6 Å². The number of benzene rings is 1. The van der Waals surface area contributed by atoms with Crippen molar-refractivity contribution in [1.29, 1.82) is 0 Å². The van der Waals surface area contributed by atoms with Crippen molar-refractivity contribution in [3.8, 4) is 5.75 Å². The molecule has 0 saturated carbocycles. The average Bonchev–Trinajstić information content (AvgIpc) is 2.74. The van der Waals surface area contributed by atoms with Gasteiger partial charge in [-0.3, -0.25) is 0 Å². The molecule has 0 fully saturated rings. The highest BCUT2D eigenvalue weighted by molar-refractivity contribution is 6.30. The van der Waals surface area contributed by atoms with E-state index in [1.165, 1.54) is 5.56 Å². The second-order valence-corrected chi connectivity index (χ2v) is 5.07. The van der Waals surface area contributed by atoms with E-state index in [2.05, 4.69) is 6.92 Å². The van der Waals surface area contributed by atoms with E-state index in [0.717, 1.165) is 55.0 Å². The van der Waals surface area contributed by atoms with Crippen LogP contribution in [0, 0.1) is 0 Å². The molecule has 1 aromatic rings. The minimum Gasteiger partial charge on any atom is -0.493 e. The Kier molecular flexibility index (Phi) is 4.30. The zero-order chi connectivity index (χ0) is 12.3. The maximum atomic E-state index is 9.75. The number of fused-ring (bicyclic) bond motifs is 1. The zero-order valence-electron chi connectivity index (χ0n) is 10.2. The van der Waals surface area contributed by atoms with Crippen molar-refractivity contribution in [3.63, 3.8) is 0 Å². The molecule has 0 aliphatic carbocycles. The Morgan fingerprint density at radius 3 is 3.00 bits per heavy atom. The predicted octanol–water partition coefficient (Wildman–Crippen LogP) is 3.37. The number of aliphatic hydroxyl groups excluding tert-OH is 1. The fourth-order valence-electron chi connectivity index (χ4n) is 2.33. The van der Waals surface area contributed by atoms with Crippen LogP contribution in [0.2, 0.25) is 5.02 Å². The van der Waals surface area contributed by atoms with E-state index >= 15 is 0 Å². The van der Waals surface area contributed by atoms with Gasteiger partial charge in [0.25, 0.3) is 0 Å². The van der Waals surface area contributed by atoms with Gasteiger partial charge in [0.05, 0.1) is 12.7 Å². The highest BCUT2D eigenvalue weighted by atomic mass is 35.5. The number of rotatable bonds is 5. The van der Waals surface area contributed by atoms with Crippen molar-refractivity contribution in [2.24, 2.45) is 0 Å². The first kappa shape index (κ1) is 12.7. The molecular formula is C14H19ClO2. The lowest BCUT2D eigenvalue weighted by Gasteiger charge is -2.12. The lowest BCUT2D eigenvalue weighted by atomic mass is 10.0. The molecule has 17 heavy (non-hydrogen) atoms. The summed E-state index contributed by atoms with van der Waals surface area (Å²) < 4.78 is 5.64. The van der Waals surface area contributed by atoms with Gasteiger partial charge >= 0.3 is 0 Å². The quantitative estimate of drug-likeness (QED) is 0.873. The highest BCUT2D eigenvalue weighted by Gasteiger charge is 2.18. The maximum absolute atomic E-state index is 9.75. The highest BCUT2D eigenvalue weighted by Crippen LogP contribution is 2.33. The topological polar surface area (TPSA) is 29.5 Å². The standard InChI is InChI=1S/C14H19ClO2/c1-2-3-13(16)5-4-10-8-12(15)9-11-6-7-17-14(10)11/h8-9,13,16H,2-7H2,1H3. The lowest BCUT2D eigenvalue weighted by Crippen LogP contribution is -2.07. The van der Waals surface area contributed by atoms with E-state index in [1.54, 1.807) is 0 Å². The molecule has 2 nitrogen and oxygen atoms in total. The normalized spacial score (nSPS) is 15.5. The van der Waals surface area contributed by atoms with Gasteiger partial charge in [0, 0.05) is 11.4 Å². The first-order chi connectivity index (χ1) is 8.20. The van der Waals surface area contributed by atoms with Gasteiger partial charge in [-0.2, -0.15) is 0 Å². The number of aryl methyl sites for hydroxylation is 1. The molecule has 1 aliphatic rings. The molecule has 1 unspecified atom stereocenters. The van der Waals surface area contributed by atoms with Gasteiger partial charge in [-0.15, -0.1) is 0 Å². The van der Waals surface area contributed by atoms with Gasteiger partial charge in [-0.25, -0.2) is 0 Å². The molecule has 0 aromatic heterocycles. The molecule has 0 amide bonds. The summed E-state index contributed by atoms with van der Waals surface area (Å²) in [5.41, 5.74) is 2.35. The molecule has 3 heteroatoms. The van der Waals surface area contributed by atoms with Crippen molar-refractivity contribution in [1.82, 2.24) is 0 Å². The summed E-state index contributed by atoms with van der Waals surface area (Å²) in [6, 6.07) is 3.94. The molecule has 94 valence electrons. The molecule has 0 spiro atoms. The number of halogens is 1. The number of aliphatic hydroxyl groups is 1. The van der Waals surface area contributed by atoms with Crippen LogP contribution in [0.3, 0.4) is 0 Å². The molecule has 1 aromatic carbocycles. The monoisotopic (exact) mass is 254 g/mol. The fraction of sp³-hybridized carbons (Fsp3) is 0.571. The van der Waals surface area contributed by atoms with Crippen LogP contribution in [-0.2, 0) is 12.8 Å². The minimum atomic E-state index is -0.212. The van der Waals surface area contributed by atoms with E-state index in [9.17, 15) is 5.11 Å². The fourth-order valence-corrected chi connectivity index (χ4v) is 2.59.